The summed E-state index contributed by atoms with van der Waals surface area (Å²) in [5, 5.41) is 14.0. The SMILES string of the molecule is O=C(O)CCCNC(=O)c1cccc(N2CCCNC2=O)c1. The van der Waals surface area contributed by atoms with Crippen LogP contribution in [-0.2, 0) is 4.79 Å². The molecule has 2 rings (SSSR count). The number of benzene rings is 1. The number of anilines is 1. The number of carboxylic acids is 1. The van der Waals surface area contributed by atoms with Gasteiger partial charge in [-0.1, -0.05) is 6.07 Å². The molecule has 1 heterocycles. The molecule has 1 fully saturated rings. The third kappa shape index (κ3) is 4.21. The molecule has 0 radical (unpaired) electrons. The highest BCUT2D eigenvalue weighted by Gasteiger charge is 2.19. The summed E-state index contributed by atoms with van der Waals surface area (Å²) in [5.74, 6) is -1.16. The van der Waals surface area contributed by atoms with Crippen LogP contribution in [0.2, 0.25) is 0 Å². The van der Waals surface area contributed by atoms with Gasteiger partial charge in [-0.05, 0) is 31.0 Å². The molecule has 0 atom stereocenters. The lowest BCUT2D eigenvalue weighted by Crippen LogP contribution is -2.46. The fraction of sp³-hybridized carbons (Fsp3) is 0.400. The van der Waals surface area contributed by atoms with Gasteiger partial charge in [-0.3, -0.25) is 14.5 Å². The number of carbonyl (C=O) groups is 3. The summed E-state index contributed by atoms with van der Waals surface area (Å²) >= 11 is 0. The maximum absolute atomic E-state index is 12.0. The van der Waals surface area contributed by atoms with Gasteiger partial charge < -0.3 is 15.7 Å². The van der Waals surface area contributed by atoms with Crippen molar-refractivity contribution >= 4 is 23.6 Å². The summed E-state index contributed by atoms with van der Waals surface area (Å²) in [6.45, 7) is 1.59. The fourth-order valence-electron chi connectivity index (χ4n) is 2.23. The highest BCUT2D eigenvalue weighted by molar-refractivity contribution is 5.97. The molecule has 7 heteroatoms. The molecular formula is C15H19N3O4. The van der Waals surface area contributed by atoms with E-state index in [1.807, 2.05) is 0 Å². The highest BCUT2D eigenvalue weighted by atomic mass is 16.4. The lowest BCUT2D eigenvalue weighted by atomic mass is 10.1. The van der Waals surface area contributed by atoms with Crippen LogP contribution in [0.5, 0.6) is 0 Å². The first kappa shape index (κ1) is 15.8. The minimum atomic E-state index is -0.882. The minimum absolute atomic E-state index is 0.0221. The summed E-state index contributed by atoms with van der Waals surface area (Å²) in [6, 6.07) is 6.68. The molecule has 1 aliphatic heterocycles. The first-order valence-electron chi connectivity index (χ1n) is 7.23. The van der Waals surface area contributed by atoms with Crippen LogP contribution in [0.4, 0.5) is 10.5 Å². The third-order valence-corrected chi connectivity index (χ3v) is 3.35. The summed E-state index contributed by atoms with van der Waals surface area (Å²) in [7, 11) is 0. The Balaban J connectivity index is 1.97. The average molecular weight is 305 g/mol. The van der Waals surface area contributed by atoms with Gasteiger partial charge in [-0.25, -0.2) is 4.79 Å². The Hall–Kier alpha value is -2.57. The molecule has 0 aromatic heterocycles. The van der Waals surface area contributed by atoms with Crippen LogP contribution in [0.25, 0.3) is 0 Å². The van der Waals surface area contributed by atoms with Gasteiger partial charge in [0.2, 0.25) is 0 Å². The molecule has 7 nitrogen and oxygen atoms in total. The second-order valence-corrected chi connectivity index (χ2v) is 5.04. The number of rotatable bonds is 6. The van der Waals surface area contributed by atoms with Crippen molar-refractivity contribution in [3.63, 3.8) is 0 Å². The summed E-state index contributed by atoms with van der Waals surface area (Å²) < 4.78 is 0. The molecule has 22 heavy (non-hydrogen) atoms. The molecule has 1 aromatic rings. The van der Waals surface area contributed by atoms with Crippen molar-refractivity contribution in [2.45, 2.75) is 19.3 Å². The van der Waals surface area contributed by atoms with E-state index in [4.69, 9.17) is 5.11 Å². The van der Waals surface area contributed by atoms with Crippen LogP contribution in [-0.4, -0.2) is 42.6 Å². The van der Waals surface area contributed by atoms with E-state index in [0.29, 0.717) is 37.3 Å². The summed E-state index contributed by atoms with van der Waals surface area (Å²) in [6.07, 6.45) is 1.26. The zero-order valence-corrected chi connectivity index (χ0v) is 12.2. The van der Waals surface area contributed by atoms with Gasteiger partial charge >= 0.3 is 12.0 Å². The Labute approximate surface area is 128 Å². The van der Waals surface area contributed by atoms with Crippen molar-refractivity contribution in [1.82, 2.24) is 10.6 Å². The number of carbonyl (C=O) groups excluding carboxylic acids is 2. The standard InChI is InChI=1S/C15H19N3O4/c19-13(20)6-2-7-16-14(21)11-4-1-5-12(10-11)18-9-3-8-17-15(18)22/h1,4-5,10H,2-3,6-9H2,(H,16,21)(H,17,22)(H,19,20). The largest absolute Gasteiger partial charge is 0.481 e. The van der Waals surface area contributed by atoms with Crippen LogP contribution < -0.4 is 15.5 Å². The van der Waals surface area contributed by atoms with Crippen molar-refractivity contribution in [2.24, 2.45) is 0 Å². The zero-order chi connectivity index (χ0) is 15.9. The van der Waals surface area contributed by atoms with Crippen LogP contribution in [0.15, 0.2) is 24.3 Å². The Morgan fingerprint density at radius 2 is 2.18 bits per heavy atom. The third-order valence-electron chi connectivity index (χ3n) is 3.35. The van der Waals surface area contributed by atoms with E-state index >= 15 is 0 Å². The van der Waals surface area contributed by atoms with E-state index in [1.54, 1.807) is 29.2 Å². The quantitative estimate of drug-likeness (QED) is 0.688. The van der Waals surface area contributed by atoms with Crippen LogP contribution >= 0.6 is 0 Å². The van der Waals surface area contributed by atoms with E-state index in [0.717, 1.165) is 6.42 Å². The van der Waals surface area contributed by atoms with Crippen molar-refractivity contribution in [3.05, 3.63) is 29.8 Å². The molecule has 1 saturated heterocycles. The molecule has 1 aliphatic rings. The van der Waals surface area contributed by atoms with Gasteiger partial charge in [0, 0.05) is 37.3 Å². The number of nitrogens with one attached hydrogen (secondary N) is 2. The Bertz CT molecular complexity index is 574. The number of nitrogens with zero attached hydrogens (tertiary/aromatic N) is 1. The molecule has 0 unspecified atom stereocenters. The van der Waals surface area contributed by atoms with Gasteiger partial charge in [0.1, 0.15) is 0 Å². The molecule has 0 bridgehead atoms. The number of amides is 3. The molecule has 118 valence electrons. The van der Waals surface area contributed by atoms with E-state index in [2.05, 4.69) is 10.6 Å². The predicted molar refractivity (Wildman–Crippen MR) is 81.0 cm³/mol. The lowest BCUT2D eigenvalue weighted by Gasteiger charge is -2.27. The van der Waals surface area contributed by atoms with Crippen molar-refractivity contribution in [3.8, 4) is 0 Å². The number of urea groups is 1. The van der Waals surface area contributed by atoms with Gasteiger partial charge in [0.05, 0.1) is 0 Å². The Morgan fingerprint density at radius 1 is 1.36 bits per heavy atom. The Kier molecular flexibility index (Phi) is 5.35. The smallest absolute Gasteiger partial charge is 0.321 e. The summed E-state index contributed by atoms with van der Waals surface area (Å²) in [4.78, 5) is 35.8. The maximum Gasteiger partial charge on any atom is 0.321 e. The summed E-state index contributed by atoms with van der Waals surface area (Å²) in [5.41, 5.74) is 1.13. The first-order valence-corrected chi connectivity index (χ1v) is 7.23. The van der Waals surface area contributed by atoms with Gasteiger partial charge in [0.15, 0.2) is 0 Å². The molecule has 1 aromatic carbocycles. The number of aliphatic carboxylic acids is 1. The first-order chi connectivity index (χ1) is 10.6. The second-order valence-electron chi connectivity index (χ2n) is 5.04. The van der Waals surface area contributed by atoms with E-state index < -0.39 is 5.97 Å². The topological polar surface area (TPSA) is 98.7 Å². The van der Waals surface area contributed by atoms with Crippen molar-refractivity contribution < 1.29 is 19.5 Å². The highest BCUT2D eigenvalue weighted by Crippen LogP contribution is 2.18. The number of hydrogen-bond donors (Lipinski definition) is 3. The van der Waals surface area contributed by atoms with Gasteiger partial charge in [-0.2, -0.15) is 0 Å². The number of carboxylic acid groups (broad SMARTS) is 1. The lowest BCUT2D eigenvalue weighted by molar-refractivity contribution is -0.137. The van der Waals surface area contributed by atoms with Crippen LogP contribution in [0, 0.1) is 0 Å². The minimum Gasteiger partial charge on any atom is -0.481 e. The van der Waals surface area contributed by atoms with E-state index in [9.17, 15) is 14.4 Å². The van der Waals surface area contributed by atoms with Crippen molar-refractivity contribution in [1.29, 1.82) is 0 Å². The van der Waals surface area contributed by atoms with E-state index in [-0.39, 0.29) is 18.4 Å². The molecule has 3 N–H and O–H groups in total. The van der Waals surface area contributed by atoms with Crippen LogP contribution in [0.1, 0.15) is 29.6 Å². The average Bonchev–Trinajstić information content (AvgIpc) is 2.52. The molecular weight excluding hydrogens is 286 g/mol. The molecule has 0 spiro atoms. The normalized spacial score (nSPS) is 14.4. The Morgan fingerprint density at radius 3 is 2.91 bits per heavy atom. The molecule has 0 aliphatic carbocycles. The van der Waals surface area contributed by atoms with Gasteiger partial charge in [-0.15, -0.1) is 0 Å². The van der Waals surface area contributed by atoms with E-state index in [1.165, 1.54) is 0 Å². The predicted octanol–water partition coefficient (Wildman–Crippen LogP) is 1.20. The molecule has 0 saturated carbocycles. The fourth-order valence-corrected chi connectivity index (χ4v) is 2.23. The zero-order valence-electron chi connectivity index (χ0n) is 12.2. The van der Waals surface area contributed by atoms with Crippen LogP contribution in [0.3, 0.4) is 0 Å². The second kappa shape index (κ2) is 7.44. The maximum atomic E-state index is 12.0. The van der Waals surface area contributed by atoms with Gasteiger partial charge in [0.25, 0.3) is 5.91 Å². The number of hydrogen-bond acceptors (Lipinski definition) is 3. The van der Waals surface area contributed by atoms with Crippen molar-refractivity contribution in [2.75, 3.05) is 24.5 Å². The monoisotopic (exact) mass is 305 g/mol. The molecule has 3 amide bonds.